The zero-order valence-corrected chi connectivity index (χ0v) is 18.2. The smallest absolute Gasteiger partial charge is 0.314 e. The van der Waals surface area contributed by atoms with E-state index in [1.54, 1.807) is 0 Å². The van der Waals surface area contributed by atoms with Gasteiger partial charge < -0.3 is 9.59 Å². The first-order valence-electron chi connectivity index (χ1n) is 10.4. The molecule has 4 nitrogen and oxygen atoms in total. The highest BCUT2D eigenvalue weighted by molar-refractivity contribution is 6.20. The molecule has 0 aromatic rings. The number of Topliss-reactive ketones (excluding diaryl/α,β-unsaturated/α-hetero) is 1. The summed E-state index contributed by atoms with van der Waals surface area (Å²) in [6.07, 6.45) is 14.0. The first kappa shape index (κ1) is 25.4. The van der Waals surface area contributed by atoms with Crippen LogP contribution < -0.4 is 0 Å². The van der Waals surface area contributed by atoms with E-state index in [1.807, 2.05) is 21.1 Å². The number of ketones is 1. The first-order valence-corrected chi connectivity index (χ1v) is 10.8. The average molecular weight is 391 g/mol. The van der Waals surface area contributed by atoms with Gasteiger partial charge in [-0.15, -0.1) is 0 Å². The SMILES string of the molecule is CCCCCCCCCCCCCC(=O)[C@@H](C[C@H](Cl)[N+](C)(C)C)C(=O)O. The lowest BCUT2D eigenvalue weighted by molar-refractivity contribution is -0.883. The fraction of sp³-hybridized carbons (Fsp3) is 0.905. The van der Waals surface area contributed by atoms with Crippen LogP contribution in [-0.2, 0) is 9.59 Å². The van der Waals surface area contributed by atoms with Crippen molar-refractivity contribution in [1.82, 2.24) is 0 Å². The Bertz CT molecular complexity index is 393. The normalized spacial score (nSPS) is 14.2. The maximum absolute atomic E-state index is 12.3. The average Bonchev–Trinajstić information content (AvgIpc) is 2.55. The summed E-state index contributed by atoms with van der Waals surface area (Å²) in [5.41, 5.74) is -0.377. The third kappa shape index (κ3) is 12.7. The molecule has 0 aliphatic rings. The van der Waals surface area contributed by atoms with Crippen molar-refractivity contribution in [3.63, 3.8) is 0 Å². The van der Waals surface area contributed by atoms with Gasteiger partial charge >= 0.3 is 5.97 Å². The highest BCUT2D eigenvalue weighted by Gasteiger charge is 2.33. The molecule has 0 saturated carbocycles. The predicted octanol–water partition coefficient (Wildman–Crippen LogP) is 5.62. The minimum Gasteiger partial charge on any atom is -0.481 e. The third-order valence-corrected chi connectivity index (χ3v) is 5.75. The molecule has 0 unspecified atom stereocenters. The van der Waals surface area contributed by atoms with Gasteiger partial charge in [0.2, 0.25) is 0 Å². The number of carboxylic acids is 1. The van der Waals surface area contributed by atoms with Crippen molar-refractivity contribution in [2.24, 2.45) is 5.92 Å². The zero-order valence-electron chi connectivity index (χ0n) is 17.4. The van der Waals surface area contributed by atoms with Crippen molar-refractivity contribution in [2.45, 2.75) is 95.9 Å². The van der Waals surface area contributed by atoms with E-state index in [9.17, 15) is 14.7 Å². The summed E-state index contributed by atoms with van der Waals surface area (Å²) < 4.78 is 0.442. The molecular weight excluding hydrogens is 350 g/mol. The summed E-state index contributed by atoms with van der Waals surface area (Å²) in [7, 11) is 5.72. The summed E-state index contributed by atoms with van der Waals surface area (Å²) in [4.78, 5) is 23.7. The van der Waals surface area contributed by atoms with Gasteiger partial charge in [0, 0.05) is 12.8 Å². The molecule has 2 atom stereocenters. The number of halogens is 1. The lowest BCUT2D eigenvalue weighted by atomic mass is 9.95. The monoisotopic (exact) mass is 390 g/mol. The molecule has 0 heterocycles. The zero-order chi connectivity index (χ0) is 20.0. The molecule has 5 heteroatoms. The van der Waals surface area contributed by atoms with Crippen LogP contribution in [0.15, 0.2) is 0 Å². The Kier molecular flexibility index (Phi) is 14.1. The van der Waals surface area contributed by atoms with Crippen molar-refractivity contribution >= 4 is 23.4 Å². The quantitative estimate of drug-likeness (QED) is 0.115. The second kappa shape index (κ2) is 14.4. The fourth-order valence-corrected chi connectivity index (χ4v) is 3.20. The number of nitrogens with zero attached hydrogens (tertiary/aromatic N) is 1. The van der Waals surface area contributed by atoms with E-state index in [0.29, 0.717) is 10.9 Å². The van der Waals surface area contributed by atoms with Gasteiger partial charge in [-0.2, -0.15) is 0 Å². The topological polar surface area (TPSA) is 54.4 Å². The highest BCUT2D eigenvalue weighted by Crippen LogP contribution is 2.21. The van der Waals surface area contributed by atoms with Crippen molar-refractivity contribution in [2.75, 3.05) is 21.1 Å². The maximum atomic E-state index is 12.3. The van der Waals surface area contributed by atoms with Crippen LogP contribution in [0.1, 0.15) is 90.4 Å². The molecule has 0 aromatic heterocycles. The molecule has 0 aliphatic carbocycles. The molecular formula is C21H41ClNO3+. The van der Waals surface area contributed by atoms with E-state index in [1.165, 1.54) is 51.4 Å². The number of rotatable bonds is 17. The predicted molar refractivity (Wildman–Crippen MR) is 110 cm³/mol. The Balaban J connectivity index is 3.86. The van der Waals surface area contributed by atoms with Crippen molar-refractivity contribution in [3.8, 4) is 0 Å². The van der Waals surface area contributed by atoms with Gasteiger partial charge in [-0.3, -0.25) is 9.59 Å². The second-order valence-corrected chi connectivity index (χ2v) is 8.93. The summed E-state index contributed by atoms with van der Waals surface area (Å²) >= 11 is 6.27. The number of aliphatic carboxylic acids is 1. The van der Waals surface area contributed by atoms with Crippen LogP contribution in [-0.4, -0.2) is 48.0 Å². The van der Waals surface area contributed by atoms with E-state index in [-0.39, 0.29) is 17.7 Å². The van der Waals surface area contributed by atoms with Gasteiger partial charge in [0.15, 0.2) is 5.50 Å². The van der Waals surface area contributed by atoms with Gasteiger partial charge in [0.25, 0.3) is 0 Å². The first-order chi connectivity index (χ1) is 12.2. The minimum atomic E-state index is -1.04. The minimum absolute atomic E-state index is 0.174. The molecule has 1 N–H and O–H groups in total. The Hall–Kier alpha value is -0.610. The third-order valence-electron chi connectivity index (χ3n) is 4.98. The van der Waals surface area contributed by atoms with E-state index >= 15 is 0 Å². The van der Waals surface area contributed by atoms with E-state index in [0.717, 1.165) is 19.3 Å². The van der Waals surface area contributed by atoms with Crippen LogP contribution in [0.2, 0.25) is 0 Å². The Morgan fingerprint density at radius 3 is 1.65 bits per heavy atom. The van der Waals surface area contributed by atoms with Gasteiger partial charge in [-0.25, -0.2) is 0 Å². The molecule has 0 bridgehead atoms. The molecule has 0 aliphatic heterocycles. The Morgan fingerprint density at radius 2 is 1.27 bits per heavy atom. The lowest BCUT2D eigenvalue weighted by Crippen LogP contribution is -2.44. The summed E-state index contributed by atoms with van der Waals surface area (Å²) in [6, 6.07) is 0. The molecule has 0 fully saturated rings. The Labute approximate surface area is 165 Å². The molecule has 154 valence electrons. The van der Waals surface area contributed by atoms with Crippen molar-refractivity contribution in [3.05, 3.63) is 0 Å². The molecule has 0 saturated heterocycles. The molecule has 0 amide bonds. The largest absolute Gasteiger partial charge is 0.481 e. The number of quaternary nitrogens is 1. The highest BCUT2D eigenvalue weighted by atomic mass is 35.5. The number of carbonyl (C=O) groups is 2. The Morgan fingerprint density at radius 1 is 0.846 bits per heavy atom. The number of hydrogen-bond acceptors (Lipinski definition) is 2. The van der Waals surface area contributed by atoms with Gasteiger partial charge in [0.05, 0.1) is 21.1 Å². The summed E-state index contributed by atoms with van der Waals surface area (Å²) in [5, 5.41) is 9.35. The summed E-state index contributed by atoms with van der Waals surface area (Å²) in [5.74, 6) is -2.19. The number of alkyl halides is 1. The molecule has 26 heavy (non-hydrogen) atoms. The van der Waals surface area contributed by atoms with Crippen LogP contribution in [0.3, 0.4) is 0 Å². The second-order valence-electron chi connectivity index (χ2n) is 8.43. The van der Waals surface area contributed by atoms with Gasteiger partial charge in [-0.1, -0.05) is 82.7 Å². The van der Waals surface area contributed by atoms with E-state index in [4.69, 9.17) is 11.6 Å². The molecule has 0 radical (unpaired) electrons. The number of unbranched alkanes of at least 4 members (excludes halogenated alkanes) is 10. The summed E-state index contributed by atoms with van der Waals surface area (Å²) in [6.45, 7) is 2.24. The van der Waals surface area contributed by atoms with Crippen LogP contribution in [0.4, 0.5) is 0 Å². The van der Waals surface area contributed by atoms with Crippen LogP contribution in [0, 0.1) is 5.92 Å². The van der Waals surface area contributed by atoms with Gasteiger partial charge in [-0.05, 0) is 6.42 Å². The van der Waals surface area contributed by atoms with Crippen molar-refractivity contribution < 1.29 is 19.2 Å². The molecule has 0 aromatic carbocycles. The van der Waals surface area contributed by atoms with Gasteiger partial charge in [0.1, 0.15) is 11.7 Å². The number of carbonyl (C=O) groups excluding carboxylic acids is 1. The molecule has 0 rings (SSSR count). The molecule has 0 spiro atoms. The fourth-order valence-electron chi connectivity index (χ4n) is 3.02. The van der Waals surface area contributed by atoms with E-state index < -0.39 is 11.9 Å². The van der Waals surface area contributed by atoms with Crippen LogP contribution in [0.25, 0.3) is 0 Å². The van der Waals surface area contributed by atoms with E-state index in [2.05, 4.69) is 6.92 Å². The lowest BCUT2D eigenvalue weighted by Gasteiger charge is -2.30. The van der Waals surface area contributed by atoms with Crippen LogP contribution >= 0.6 is 11.6 Å². The standard InChI is InChI=1S/C21H40ClNO3/c1-5-6-7-8-9-10-11-12-13-14-15-16-19(24)18(21(25)26)17-20(22)23(2,3)4/h18,20H,5-17H2,1-4H3/p+1/t18-,20-/m1/s1. The van der Waals surface area contributed by atoms with Crippen LogP contribution in [0.5, 0.6) is 0 Å². The maximum Gasteiger partial charge on any atom is 0.314 e. The number of hydrogen-bond donors (Lipinski definition) is 1. The number of carboxylic acid groups (broad SMARTS) is 1. The van der Waals surface area contributed by atoms with Crippen molar-refractivity contribution in [1.29, 1.82) is 0 Å².